The fourth-order valence-electron chi connectivity index (χ4n) is 3.76. The molecule has 10 nitrogen and oxygen atoms in total. The van der Waals surface area contributed by atoms with Gasteiger partial charge in [-0.15, -0.1) is 0 Å². The number of Topliss-reactive ketones (excluding diaryl/α,β-unsaturated/α-hetero) is 1. The molecule has 2 heterocycles. The van der Waals surface area contributed by atoms with E-state index in [9.17, 15) is 14.4 Å². The monoisotopic (exact) mass is 485 g/mol. The largest absolute Gasteiger partial charge is 0.433 e. The SMILES string of the molecule is CC(C)CC(NC(=O)N1CCOCC1)C(=O)NCC(=O)c1oc(-c2ccccc2)nc1CN(C)C. The van der Waals surface area contributed by atoms with Gasteiger partial charge < -0.3 is 29.6 Å². The summed E-state index contributed by atoms with van der Waals surface area (Å²) in [5.74, 6) is -0.151. The van der Waals surface area contributed by atoms with E-state index in [1.54, 1.807) is 4.90 Å². The first kappa shape index (κ1) is 26.4. The van der Waals surface area contributed by atoms with Crippen LogP contribution >= 0.6 is 0 Å². The fraction of sp³-hybridized carbons (Fsp3) is 0.520. The first-order chi connectivity index (χ1) is 16.7. The summed E-state index contributed by atoms with van der Waals surface area (Å²) >= 11 is 0. The average molecular weight is 486 g/mol. The van der Waals surface area contributed by atoms with Crippen molar-refractivity contribution in [3.05, 3.63) is 41.8 Å². The minimum atomic E-state index is -0.756. The molecule has 3 rings (SSSR count). The molecule has 1 unspecified atom stereocenters. The Balaban J connectivity index is 1.68. The normalized spacial score (nSPS) is 14.7. The summed E-state index contributed by atoms with van der Waals surface area (Å²) in [6.07, 6.45) is 0.447. The van der Waals surface area contributed by atoms with Gasteiger partial charge in [0.1, 0.15) is 11.7 Å². The highest BCUT2D eigenvalue weighted by Gasteiger charge is 2.27. The number of urea groups is 1. The van der Waals surface area contributed by atoms with Gasteiger partial charge in [-0.2, -0.15) is 0 Å². The number of nitrogens with one attached hydrogen (secondary N) is 2. The van der Waals surface area contributed by atoms with Crippen molar-refractivity contribution in [2.75, 3.05) is 46.9 Å². The lowest BCUT2D eigenvalue weighted by Gasteiger charge is -2.29. The van der Waals surface area contributed by atoms with E-state index >= 15 is 0 Å². The summed E-state index contributed by atoms with van der Waals surface area (Å²) in [5.41, 5.74) is 1.27. The van der Waals surface area contributed by atoms with Crippen LogP contribution in [0.1, 0.15) is 36.5 Å². The van der Waals surface area contributed by atoms with Crippen molar-refractivity contribution < 1.29 is 23.5 Å². The van der Waals surface area contributed by atoms with E-state index in [0.717, 1.165) is 5.56 Å². The molecule has 0 bridgehead atoms. The standard InChI is InChI=1S/C25H35N5O5/c1-17(2)14-19(28-25(33)30-10-12-34-13-11-30)23(32)26-15-21(31)22-20(16-29(3)4)27-24(35-22)18-8-6-5-7-9-18/h5-9,17,19H,10-16H2,1-4H3,(H,26,32)(H,28,33). The Hall–Kier alpha value is -3.24. The van der Waals surface area contributed by atoms with E-state index in [1.165, 1.54) is 0 Å². The van der Waals surface area contributed by atoms with Gasteiger partial charge in [-0.1, -0.05) is 32.0 Å². The van der Waals surface area contributed by atoms with Gasteiger partial charge >= 0.3 is 6.03 Å². The molecule has 3 amide bonds. The minimum Gasteiger partial charge on any atom is -0.433 e. The molecule has 0 spiro atoms. The van der Waals surface area contributed by atoms with Crippen molar-refractivity contribution in [1.82, 2.24) is 25.4 Å². The molecule has 190 valence electrons. The van der Waals surface area contributed by atoms with Crippen LogP contribution in [0.5, 0.6) is 0 Å². The van der Waals surface area contributed by atoms with Crippen LogP contribution in [0.2, 0.25) is 0 Å². The number of hydrogen-bond donors (Lipinski definition) is 2. The Morgan fingerprint density at radius 2 is 1.80 bits per heavy atom. The molecule has 1 saturated heterocycles. The van der Waals surface area contributed by atoms with Crippen LogP contribution in [0.4, 0.5) is 4.79 Å². The quantitative estimate of drug-likeness (QED) is 0.495. The van der Waals surface area contributed by atoms with E-state index < -0.39 is 11.9 Å². The molecule has 1 atom stereocenters. The van der Waals surface area contributed by atoms with E-state index in [2.05, 4.69) is 15.6 Å². The first-order valence-electron chi connectivity index (χ1n) is 11.9. The zero-order chi connectivity index (χ0) is 25.4. The molecule has 1 aliphatic heterocycles. The number of ketones is 1. The first-order valence-corrected chi connectivity index (χ1v) is 11.9. The maximum absolute atomic E-state index is 13.0. The number of benzene rings is 1. The molecule has 1 aromatic heterocycles. The van der Waals surface area contributed by atoms with Crippen LogP contribution in [0.15, 0.2) is 34.7 Å². The lowest BCUT2D eigenvalue weighted by Crippen LogP contribution is -2.54. The summed E-state index contributed by atoms with van der Waals surface area (Å²) in [4.78, 5) is 46.6. The molecule has 35 heavy (non-hydrogen) atoms. The number of carbonyl (C=O) groups excluding carboxylic acids is 3. The summed E-state index contributed by atoms with van der Waals surface area (Å²) in [7, 11) is 3.75. The van der Waals surface area contributed by atoms with Gasteiger partial charge in [-0.05, 0) is 38.6 Å². The molecule has 1 aromatic carbocycles. The highest BCUT2D eigenvalue weighted by Crippen LogP contribution is 2.23. The van der Waals surface area contributed by atoms with Crippen LogP contribution in [-0.2, 0) is 16.1 Å². The van der Waals surface area contributed by atoms with Gasteiger partial charge in [0.2, 0.25) is 17.6 Å². The van der Waals surface area contributed by atoms with Crippen molar-refractivity contribution >= 4 is 17.7 Å². The van der Waals surface area contributed by atoms with Crippen LogP contribution in [-0.4, -0.2) is 85.5 Å². The van der Waals surface area contributed by atoms with Crippen LogP contribution < -0.4 is 10.6 Å². The van der Waals surface area contributed by atoms with Crippen molar-refractivity contribution in [3.63, 3.8) is 0 Å². The predicted molar refractivity (Wildman–Crippen MR) is 131 cm³/mol. The Bertz CT molecular complexity index is 999. The molecular weight excluding hydrogens is 450 g/mol. The Labute approximate surface area is 206 Å². The van der Waals surface area contributed by atoms with Gasteiger partial charge in [0.05, 0.1) is 19.8 Å². The summed E-state index contributed by atoms with van der Waals surface area (Å²) in [6.45, 7) is 6.00. The Kier molecular flexibility index (Phi) is 9.39. The van der Waals surface area contributed by atoms with Crippen molar-refractivity contribution in [2.45, 2.75) is 32.9 Å². The third-order valence-electron chi connectivity index (χ3n) is 5.48. The summed E-state index contributed by atoms with van der Waals surface area (Å²) in [5, 5.41) is 5.49. The van der Waals surface area contributed by atoms with Crippen molar-refractivity contribution in [3.8, 4) is 11.5 Å². The molecule has 0 radical (unpaired) electrons. The average Bonchev–Trinajstić information content (AvgIpc) is 3.26. The maximum atomic E-state index is 13.0. The number of rotatable bonds is 10. The molecule has 2 aromatic rings. The summed E-state index contributed by atoms with van der Waals surface area (Å²) in [6, 6.07) is 8.27. The van der Waals surface area contributed by atoms with Gasteiger partial charge in [0, 0.05) is 25.2 Å². The van der Waals surface area contributed by atoms with Gasteiger partial charge in [0.25, 0.3) is 0 Å². The van der Waals surface area contributed by atoms with Gasteiger partial charge in [-0.25, -0.2) is 9.78 Å². The fourth-order valence-corrected chi connectivity index (χ4v) is 3.76. The topological polar surface area (TPSA) is 117 Å². The molecule has 1 fully saturated rings. The zero-order valence-electron chi connectivity index (χ0n) is 20.9. The van der Waals surface area contributed by atoms with E-state index in [4.69, 9.17) is 9.15 Å². The number of morpholine rings is 1. The highest BCUT2D eigenvalue weighted by molar-refractivity contribution is 5.99. The Morgan fingerprint density at radius 1 is 1.11 bits per heavy atom. The van der Waals surface area contributed by atoms with Crippen LogP contribution in [0.25, 0.3) is 11.5 Å². The predicted octanol–water partition coefficient (Wildman–Crippen LogP) is 2.16. The second kappa shape index (κ2) is 12.5. The highest BCUT2D eigenvalue weighted by atomic mass is 16.5. The number of carbonyl (C=O) groups is 3. The number of nitrogens with zero attached hydrogens (tertiary/aromatic N) is 3. The molecule has 1 aliphatic rings. The molecule has 0 saturated carbocycles. The van der Waals surface area contributed by atoms with E-state index in [-0.39, 0.29) is 30.0 Å². The molecular formula is C25H35N5O5. The van der Waals surface area contributed by atoms with Gasteiger partial charge in [0.15, 0.2) is 5.76 Å². The van der Waals surface area contributed by atoms with Crippen LogP contribution in [0, 0.1) is 5.92 Å². The van der Waals surface area contributed by atoms with Gasteiger partial charge in [-0.3, -0.25) is 9.59 Å². The smallest absolute Gasteiger partial charge is 0.318 e. The Morgan fingerprint density at radius 3 is 2.43 bits per heavy atom. The lowest BCUT2D eigenvalue weighted by molar-refractivity contribution is -0.123. The zero-order valence-corrected chi connectivity index (χ0v) is 20.9. The number of ether oxygens (including phenoxy) is 1. The maximum Gasteiger partial charge on any atom is 0.318 e. The third kappa shape index (κ3) is 7.63. The van der Waals surface area contributed by atoms with E-state index in [1.807, 2.05) is 63.2 Å². The van der Waals surface area contributed by atoms with Crippen molar-refractivity contribution in [1.29, 1.82) is 0 Å². The number of oxazole rings is 1. The number of amides is 3. The second-order valence-electron chi connectivity index (χ2n) is 9.27. The van der Waals surface area contributed by atoms with E-state index in [0.29, 0.717) is 50.9 Å². The molecule has 2 N–H and O–H groups in total. The summed E-state index contributed by atoms with van der Waals surface area (Å²) < 4.78 is 11.1. The van der Waals surface area contributed by atoms with Crippen LogP contribution in [0.3, 0.4) is 0 Å². The number of hydrogen-bond acceptors (Lipinski definition) is 7. The number of aromatic nitrogens is 1. The molecule has 10 heteroatoms. The molecule has 0 aliphatic carbocycles. The third-order valence-corrected chi connectivity index (χ3v) is 5.48. The minimum absolute atomic E-state index is 0.121. The lowest BCUT2D eigenvalue weighted by atomic mass is 10.0. The van der Waals surface area contributed by atoms with Crippen molar-refractivity contribution in [2.24, 2.45) is 5.92 Å². The second-order valence-corrected chi connectivity index (χ2v) is 9.27.